The molecule has 3 heterocycles. The quantitative estimate of drug-likeness (QED) is 0.406. The Morgan fingerprint density at radius 3 is 2.88 bits per heavy atom. The molecule has 0 aromatic heterocycles. The lowest BCUT2D eigenvalue weighted by molar-refractivity contribution is 0.156. The van der Waals surface area contributed by atoms with Crippen molar-refractivity contribution in [1.82, 2.24) is 15.1 Å². The van der Waals surface area contributed by atoms with Gasteiger partial charge >= 0.3 is 0 Å². The van der Waals surface area contributed by atoms with Crippen LogP contribution in [0, 0.1) is 11.3 Å². The van der Waals surface area contributed by atoms with Crippen LogP contribution in [-0.2, 0) is 4.74 Å². The van der Waals surface area contributed by atoms with Gasteiger partial charge in [0.1, 0.15) is 0 Å². The summed E-state index contributed by atoms with van der Waals surface area (Å²) < 4.78 is 5.66. The van der Waals surface area contributed by atoms with Crippen molar-refractivity contribution in [2.24, 2.45) is 16.3 Å². The van der Waals surface area contributed by atoms with Crippen LogP contribution < -0.4 is 5.32 Å². The number of nitrogens with one attached hydrogen (secondary N) is 1. The molecule has 0 radical (unpaired) electrons. The SMILES string of the molecule is CCNC(=NCC1CCCN(CC)C1)N1CCC2(CCOC2)C1.I. The van der Waals surface area contributed by atoms with Gasteiger partial charge in [0.2, 0.25) is 0 Å². The molecule has 3 rings (SSSR count). The predicted molar refractivity (Wildman–Crippen MR) is 110 cm³/mol. The van der Waals surface area contributed by atoms with E-state index in [2.05, 4.69) is 29.0 Å². The Morgan fingerprint density at radius 1 is 1.29 bits per heavy atom. The van der Waals surface area contributed by atoms with Gasteiger partial charge in [-0.25, -0.2) is 0 Å². The van der Waals surface area contributed by atoms with E-state index in [9.17, 15) is 0 Å². The summed E-state index contributed by atoms with van der Waals surface area (Å²) in [6, 6.07) is 0. The first kappa shape index (κ1) is 20.2. The maximum Gasteiger partial charge on any atom is 0.193 e. The first-order chi connectivity index (χ1) is 11.2. The van der Waals surface area contributed by atoms with Crippen LogP contribution in [0.1, 0.15) is 39.5 Å². The van der Waals surface area contributed by atoms with E-state index in [0.29, 0.717) is 5.41 Å². The number of ether oxygens (including phenoxy) is 1. The smallest absolute Gasteiger partial charge is 0.193 e. The molecule has 0 amide bonds. The molecule has 2 atom stereocenters. The minimum Gasteiger partial charge on any atom is -0.381 e. The molecule has 1 spiro atoms. The number of hydrogen-bond acceptors (Lipinski definition) is 3. The number of aliphatic imine (C=N–C) groups is 1. The highest BCUT2D eigenvalue weighted by molar-refractivity contribution is 14.0. The Balaban J connectivity index is 0.00000208. The molecule has 0 bridgehead atoms. The van der Waals surface area contributed by atoms with Crippen LogP contribution in [0.5, 0.6) is 0 Å². The van der Waals surface area contributed by atoms with E-state index in [1.165, 1.54) is 45.3 Å². The zero-order chi connectivity index (χ0) is 16.1. The van der Waals surface area contributed by atoms with Crippen molar-refractivity contribution in [2.45, 2.75) is 39.5 Å². The van der Waals surface area contributed by atoms with Gasteiger partial charge in [-0.3, -0.25) is 4.99 Å². The highest BCUT2D eigenvalue weighted by atomic mass is 127. The lowest BCUT2D eigenvalue weighted by Crippen LogP contribution is -2.42. The van der Waals surface area contributed by atoms with Crippen molar-refractivity contribution in [3.8, 4) is 0 Å². The Morgan fingerprint density at radius 2 is 2.17 bits per heavy atom. The zero-order valence-electron chi connectivity index (χ0n) is 15.4. The molecule has 5 nitrogen and oxygen atoms in total. The minimum absolute atomic E-state index is 0. The molecule has 1 N–H and O–H groups in total. The Hall–Kier alpha value is -0.0800. The molecule has 6 heteroatoms. The van der Waals surface area contributed by atoms with Crippen molar-refractivity contribution >= 4 is 29.9 Å². The van der Waals surface area contributed by atoms with E-state index in [1.54, 1.807) is 0 Å². The number of likely N-dealkylation sites (tertiary alicyclic amines) is 2. The first-order valence-electron chi connectivity index (χ1n) is 9.58. The fraction of sp³-hybridized carbons (Fsp3) is 0.944. The molecule has 3 aliphatic rings. The van der Waals surface area contributed by atoms with Crippen molar-refractivity contribution in [2.75, 3.05) is 59.0 Å². The maximum absolute atomic E-state index is 5.66. The molecule has 0 aromatic rings. The van der Waals surface area contributed by atoms with Gasteiger partial charge in [0, 0.05) is 44.7 Å². The van der Waals surface area contributed by atoms with E-state index in [-0.39, 0.29) is 24.0 Å². The number of hydrogen-bond donors (Lipinski definition) is 1. The monoisotopic (exact) mass is 450 g/mol. The Kier molecular flexibility index (Phi) is 8.07. The van der Waals surface area contributed by atoms with E-state index < -0.39 is 0 Å². The van der Waals surface area contributed by atoms with Gasteiger partial charge in [0.05, 0.1) is 6.61 Å². The molecule has 3 saturated heterocycles. The fourth-order valence-corrected chi connectivity index (χ4v) is 4.32. The molecule has 3 aliphatic heterocycles. The molecule has 24 heavy (non-hydrogen) atoms. The van der Waals surface area contributed by atoms with Crippen LogP contribution >= 0.6 is 24.0 Å². The van der Waals surface area contributed by atoms with Crippen LogP contribution in [0.4, 0.5) is 0 Å². The summed E-state index contributed by atoms with van der Waals surface area (Å²) in [6.45, 7) is 14.1. The molecular weight excluding hydrogens is 415 g/mol. The summed E-state index contributed by atoms with van der Waals surface area (Å²) >= 11 is 0. The molecule has 0 aromatic carbocycles. The normalized spacial score (nSPS) is 31.5. The first-order valence-corrected chi connectivity index (χ1v) is 9.58. The second-order valence-corrected chi connectivity index (χ2v) is 7.57. The van der Waals surface area contributed by atoms with Crippen LogP contribution in [0.3, 0.4) is 0 Å². The maximum atomic E-state index is 5.66. The molecule has 0 aliphatic carbocycles. The van der Waals surface area contributed by atoms with E-state index >= 15 is 0 Å². The average molecular weight is 450 g/mol. The van der Waals surface area contributed by atoms with E-state index in [4.69, 9.17) is 9.73 Å². The summed E-state index contributed by atoms with van der Waals surface area (Å²) in [4.78, 5) is 10.0. The summed E-state index contributed by atoms with van der Waals surface area (Å²) in [5.74, 6) is 1.86. The summed E-state index contributed by atoms with van der Waals surface area (Å²) in [5.41, 5.74) is 0.403. The lowest BCUT2D eigenvalue weighted by Gasteiger charge is -2.31. The summed E-state index contributed by atoms with van der Waals surface area (Å²) in [6.07, 6.45) is 5.13. The van der Waals surface area contributed by atoms with Gasteiger partial charge in [-0.2, -0.15) is 0 Å². The Bertz CT molecular complexity index is 412. The third kappa shape index (κ3) is 4.97. The summed E-state index contributed by atoms with van der Waals surface area (Å²) in [5, 5.41) is 3.52. The molecule has 0 saturated carbocycles. The van der Waals surface area contributed by atoms with Gasteiger partial charge in [-0.05, 0) is 51.6 Å². The van der Waals surface area contributed by atoms with Gasteiger partial charge in [0.25, 0.3) is 0 Å². The van der Waals surface area contributed by atoms with Crippen LogP contribution in [0.25, 0.3) is 0 Å². The number of rotatable bonds is 4. The molecular formula is C18H35IN4O. The van der Waals surface area contributed by atoms with Crippen LogP contribution in [-0.4, -0.2) is 74.8 Å². The highest BCUT2D eigenvalue weighted by Crippen LogP contribution is 2.38. The lowest BCUT2D eigenvalue weighted by atomic mass is 9.87. The van der Waals surface area contributed by atoms with Gasteiger partial charge < -0.3 is 19.9 Å². The van der Waals surface area contributed by atoms with E-state index in [1.807, 2.05) is 0 Å². The van der Waals surface area contributed by atoms with Gasteiger partial charge in [0.15, 0.2) is 5.96 Å². The Labute approximate surface area is 164 Å². The van der Waals surface area contributed by atoms with Gasteiger partial charge in [-0.15, -0.1) is 24.0 Å². The molecule has 140 valence electrons. The standard InChI is InChI=1S/C18H34N4O.HI/c1-3-19-17(20-12-16-6-5-9-21(4-2)13-16)22-10-7-18(14-22)8-11-23-15-18;/h16H,3-15H2,1-2H3,(H,19,20);1H. The van der Waals surface area contributed by atoms with Crippen molar-refractivity contribution in [3.05, 3.63) is 0 Å². The highest BCUT2D eigenvalue weighted by Gasteiger charge is 2.42. The fourth-order valence-electron chi connectivity index (χ4n) is 4.32. The van der Waals surface area contributed by atoms with Crippen molar-refractivity contribution in [3.63, 3.8) is 0 Å². The van der Waals surface area contributed by atoms with Crippen LogP contribution in [0.2, 0.25) is 0 Å². The molecule has 2 unspecified atom stereocenters. The van der Waals surface area contributed by atoms with Crippen molar-refractivity contribution in [1.29, 1.82) is 0 Å². The minimum atomic E-state index is 0. The topological polar surface area (TPSA) is 40.1 Å². The number of piperidine rings is 1. The third-order valence-electron chi connectivity index (χ3n) is 5.81. The third-order valence-corrected chi connectivity index (χ3v) is 5.81. The zero-order valence-corrected chi connectivity index (χ0v) is 17.8. The number of halogens is 1. The average Bonchev–Trinajstić information content (AvgIpc) is 3.22. The second kappa shape index (κ2) is 9.57. The number of nitrogens with zero attached hydrogens (tertiary/aromatic N) is 3. The molecule has 3 fully saturated rings. The number of guanidine groups is 1. The van der Waals surface area contributed by atoms with Crippen molar-refractivity contribution < 1.29 is 4.74 Å². The second-order valence-electron chi connectivity index (χ2n) is 7.57. The van der Waals surface area contributed by atoms with Gasteiger partial charge in [-0.1, -0.05) is 6.92 Å². The predicted octanol–water partition coefficient (Wildman–Crippen LogP) is 2.41. The largest absolute Gasteiger partial charge is 0.381 e. The van der Waals surface area contributed by atoms with Crippen LogP contribution in [0.15, 0.2) is 4.99 Å². The van der Waals surface area contributed by atoms with E-state index in [0.717, 1.165) is 51.3 Å². The summed E-state index contributed by atoms with van der Waals surface area (Å²) in [7, 11) is 0.